The summed E-state index contributed by atoms with van der Waals surface area (Å²) in [5.74, 6) is 2.04. The third kappa shape index (κ3) is 6.71. The molecule has 0 atom stereocenters. The van der Waals surface area contributed by atoms with E-state index in [9.17, 15) is 4.79 Å². The first-order valence-corrected chi connectivity index (χ1v) is 9.71. The summed E-state index contributed by atoms with van der Waals surface area (Å²) < 4.78 is 10.6. The van der Waals surface area contributed by atoms with E-state index in [1.54, 1.807) is 14.2 Å². The monoisotopic (exact) mass is 398 g/mol. The van der Waals surface area contributed by atoms with E-state index < -0.39 is 0 Å². The SMILES string of the molecule is CCNC(=O)c1ccc(CNC(=NCc2ccc(OC)c(OC)c2)NCC)cc1. The Bertz CT molecular complexity index is 819. The van der Waals surface area contributed by atoms with Crippen molar-refractivity contribution in [1.82, 2.24) is 16.0 Å². The largest absolute Gasteiger partial charge is 0.493 e. The van der Waals surface area contributed by atoms with Crippen LogP contribution in [0, 0.1) is 0 Å². The molecule has 0 saturated carbocycles. The predicted octanol–water partition coefficient (Wildman–Crippen LogP) is 2.71. The molecular weight excluding hydrogens is 368 g/mol. The highest BCUT2D eigenvalue weighted by atomic mass is 16.5. The zero-order valence-electron chi connectivity index (χ0n) is 17.5. The van der Waals surface area contributed by atoms with Gasteiger partial charge in [-0.2, -0.15) is 0 Å². The van der Waals surface area contributed by atoms with Crippen LogP contribution < -0.4 is 25.4 Å². The standard InChI is InChI=1S/C22H30N4O3/c1-5-23-21(27)18-10-7-16(8-11-18)14-25-22(24-6-2)26-15-17-9-12-19(28-3)20(13-17)29-4/h7-13H,5-6,14-15H2,1-4H3,(H,23,27)(H2,24,25,26). The van der Waals surface area contributed by atoms with Gasteiger partial charge in [0.05, 0.1) is 20.8 Å². The van der Waals surface area contributed by atoms with Gasteiger partial charge in [0, 0.05) is 25.2 Å². The van der Waals surface area contributed by atoms with Gasteiger partial charge in [-0.05, 0) is 49.2 Å². The maximum atomic E-state index is 11.8. The number of benzene rings is 2. The van der Waals surface area contributed by atoms with Crippen LogP contribution in [0.1, 0.15) is 35.3 Å². The Balaban J connectivity index is 1.99. The minimum absolute atomic E-state index is 0.0585. The smallest absolute Gasteiger partial charge is 0.251 e. The maximum Gasteiger partial charge on any atom is 0.251 e. The predicted molar refractivity (Wildman–Crippen MR) is 116 cm³/mol. The lowest BCUT2D eigenvalue weighted by Crippen LogP contribution is -2.36. The second-order valence-corrected chi connectivity index (χ2v) is 6.29. The van der Waals surface area contributed by atoms with E-state index in [0.29, 0.717) is 36.7 Å². The Hall–Kier alpha value is -3.22. The number of carbonyl (C=O) groups excluding carboxylic acids is 1. The van der Waals surface area contributed by atoms with Crippen molar-refractivity contribution < 1.29 is 14.3 Å². The summed E-state index contributed by atoms with van der Waals surface area (Å²) in [5.41, 5.74) is 2.74. The Morgan fingerprint density at radius 3 is 2.14 bits per heavy atom. The summed E-state index contributed by atoms with van der Waals surface area (Å²) in [5, 5.41) is 9.35. The van der Waals surface area contributed by atoms with Crippen LogP contribution >= 0.6 is 0 Å². The molecule has 3 N–H and O–H groups in total. The van der Waals surface area contributed by atoms with E-state index in [-0.39, 0.29) is 5.91 Å². The zero-order chi connectivity index (χ0) is 21.1. The first-order valence-electron chi connectivity index (χ1n) is 9.71. The Kier molecular flexibility index (Phi) is 8.82. The average Bonchev–Trinajstić information content (AvgIpc) is 2.76. The molecule has 2 aromatic carbocycles. The van der Waals surface area contributed by atoms with Crippen LogP contribution in [0.4, 0.5) is 0 Å². The van der Waals surface area contributed by atoms with Crippen LogP contribution in [0.25, 0.3) is 0 Å². The van der Waals surface area contributed by atoms with Crippen molar-refractivity contribution in [3.8, 4) is 11.5 Å². The van der Waals surface area contributed by atoms with Gasteiger partial charge >= 0.3 is 0 Å². The quantitative estimate of drug-likeness (QED) is 0.447. The highest BCUT2D eigenvalue weighted by Gasteiger charge is 2.06. The zero-order valence-corrected chi connectivity index (χ0v) is 17.5. The highest BCUT2D eigenvalue weighted by molar-refractivity contribution is 5.94. The molecule has 0 aliphatic rings. The molecule has 0 unspecified atom stereocenters. The van der Waals surface area contributed by atoms with E-state index in [0.717, 1.165) is 23.6 Å². The Morgan fingerprint density at radius 2 is 1.52 bits per heavy atom. The number of rotatable bonds is 9. The van der Waals surface area contributed by atoms with Crippen molar-refractivity contribution in [2.24, 2.45) is 4.99 Å². The van der Waals surface area contributed by atoms with Gasteiger partial charge in [-0.15, -0.1) is 0 Å². The van der Waals surface area contributed by atoms with Crippen LogP contribution in [-0.4, -0.2) is 39.2 Å². The van der Waals surface area contributed by atoms with Crippen LogP contribution in [0.3, 0.4) is 0 Å². The number of hydrogen-bond acceptors (Lipinski definition) is 4. The number of aliphatic imine (C=N–C) groups is 1. The van der Waals surface area contributed by atoms with Gasteiger partial charge in [0.25, 0.3) is 5.91 Å². The van der Waals surface area contributed by atoms with E-state index >= 15 is 0 Å². The van der Waals surface area contributed by atoms with E-state index in [2.05, 4.69) is 20.9 Å². The lowest BCUT2D eigenvalue weighted by atomic mass is 10.1. The Labute approximate surface area is 172 Å². The molecular formula is C22H30N4O3. The Morgan fingerprint density at radius 1 is 0.862 bits per heavy atom. The number of amides is 1. The molecule has 7 nitrogen and oxygen atoms in total. The minimum atomic E-state index is -0.0585. The highest BCUT2D eigenvalue weighted by Crippen LogP contribution is 2.27. The van der Waals surface area contributed by atoms with Gasteiger partial charge in [0.15, 0.2) is 17.5 Å². The third-order valence-electron chi connectivity index (χ3n) is 4.23. The molecule has 0 aliphatic carbocycles. The number of nitrogens with one attached hydrogen (secondary N) is 3. The molecule has 0 fully saturated rings. The molecule has 29 heavy (non-hydrogen) atoms. The number of guanidine groups is 1. The van der Waals surface area contributed by atoms with Crippen molar-refractivity contribution in [1.29, 1.82) is 0 Å². The molecule has 1 amide bonds. The average molecular weight is 399 g/mol. The molecule has 2 rings (SSSR count). The molecule has 0 radical (unpaired) electrons. The van der Waals surface area contributed by atoms with E-state index in [1.807, 2.05) is 56.3 Å². The number of methoxy groups -OCH3 is 2. The lowest BCUT2D eigenvalue weighted by Gasteiger charge is -2.12. The second kappa shape index (κ2) is 11.6. The molecule has 0 aliphatic heterocycles. The van der Waals surface area contributed by atoms with Crippen molar-refractivity contribution in [2.45, 2.75) is 26.9 Å². The molecule has 7 heteroatoms. The summed E-state index contributed by atoms with van der Waals surface area (Å²) in [6.07, 6.45) is 0. The van der Waals surface area contributed by atoms with Crippen molar-refractivity contribution in [3.05, 3.63) is 59.2 Å². The first kappa shape index (κ1) is 22.1. The fraction of sp³-hybridized carbons (Fsp3) is 0.364. The third-order valence-corrected chi connectivity index (χ3v) is 4.23. The molecule has 0 aromatic heterocycles. The number of carbonyl (C=O) groups is 1. The van der Waals surface area contributed by atoms with Crippen molar-refractivity contribution in [2.75, 3.05) is 27.3 Å². The second-order valence-electron chi connectivity index (χ2n) is 6.29. The summed E-state index contributed by atoms with van der Waals surface area (Å²) in [4.78, 5) is 16.5. The van der Waals surface area contributed by atoms with Crippen molar-refractivity contribution in [3.63, 3.8) is 0 Å². The molecule has 0 heterocycles. The van der Waals surface area contributed by atoms with Crippen LogP contribution in [0.2, 0.25) is 0 Å². The molecule has 0 bridgehead atoms. The van der Waals surface area contributed by atoms with Crippen molar-refractivity contribution >= 4 is 11.9 Å². The normalized spacial score (nSPS) is 11.0. The maximum absolute atomic E-state index is 11.8. The summed E-state index contributed by atoms with van der Waals surface area (Å²) >= 11 is 0. The van der Waals surface area contributed by atoms with Gasteiger partial charge in [-0.3, -0.25) is 4.79 Å². The molecule has 156 valence electrons. The number of ether oxygens (including phenoxy) is 2. The van der Waals surface area contributed by atoms with Gasteiger partial charge in [0.1, 0.15) is 0 Å². The number of hydrogen-bond donors (Lipinski definition) is 3. The van der Waals surface area contributed by atoms with Crippen LogP contribution in [0.5, 0.6) is 11.5 Å². The summed E-state index contributed by atoms with van der Waals surface area (Å²) in [6.45, 7) is 6.41. The topological polar surface area (TPSA) is 84.0 Å². The number of nitrogens with zero attached hydrogens (tertiary/aromatic N) is 1. The van der Waals surface area contributed by atoms with Gasteiger partial charge < -0.3 is 25.4 Å². The molecule has 0 spiro atoms. The molecule has 0 saturated heterocycles. The summed E-state index contributed by atoms with van der Waals surface area (Å²) in [6, 6.07) is 13.3. The first-order chi connectivity index (χ1) is 14.1. The minimum Gasteiger partial charge on any atom is -0.493 e. The van der Waals surface area contributed by atoms with Gasteiger partial charge in [-0.1, -0.05) is 18.2 Å². The van der Waals surface area contributed by atoms with E-state index in [1.165, 1.54) is 0 Å². The fourth-order valence-electron chi connectivity index (χ4n) is 2.71. The van der Waals surface area contributed by atoms with Crippen LogP contribution in [-0.2, 0) is 13.1 Å². The van der Waals surface area contributed by atoms with E-state index in [4.69, 9.17) is 9.47 Å². The lowest BCUT2D eigenvalue weighted by molar-refractivity contribution is 0.0956. The molecule has 2 aromatic rings. The fourth-order valence-corrected chi connectivity index (χ4v) is 2.71. The van der Waals surface area contributed by atoms with Gasteiger partial charge in [0.2, 0.25) is 0 Å². The summed E-state index contributed by atoms with van der Waals surface area (Å²) in [7, 11) is 3.24. The van der Waals surface area contributed by atoms with Crippen LogP contribution in [0.15, 0.2) is 47.5 Å². The van der Waals surface area contributed by atoms with Gasteiger partial charge in [-0.25, -0.2) is 4.99 Å².